The van der Waals surface area contributed by atoms with E-state index in [0.717, 1.165) is 19.4 Å². The van der Waals surface area contributed by atoms with Crippen LogP contribution in [0.1, 0.15) is 33.7 Å². The number of halogens is 1. The maximum Gasteiger partial charge on any atom is 0.358 e. The molecule has 0 N–H and O–H groups in total. The Morgan fingerprint density at radius 1 is 1.16 bits per heavy atom. The number of aromatic nitrogens is 2. The number of rotatable bonds is 4. The van der Waals surface area contributed by atoms with Gasteiger partial charge >= 0.3 is 5.97 Å². The van der Waals surface area contributed by atoms with Crippen LogP contribution in [-0.4, -0.2) is 42.1 Å². The van der Waals surface area contributed by atoms with E-state index in [1.54, 1.807) is 12.1 Å². The Labute approximate surface area is 144 Å². The molecule has 1 aliphatic rings. The lowest BCUT2D eigenvalue weighted by Crippen LogP contribution is -2.39. The summed E-state index contributed by atoms with van der Waals surface area (Å²) >= 11 is 0. The second kappa shape index (κ2) is 7.38. The molecule has 0 spiro atoms. The van der Waals surface area contributed by atoms with Crippen LogP contribution in [0.15, 0.2) is 36.4 Å². The van der Waals surface area contributed by atoms with E-state index >= 15 is 0 Å². The zero-order valence-electron chi connectivity index (χ0n) is 13.8. The minimum absolute atomic E-state index is 0.00356. The Bertz CT molecular complexity index is 762. The predicted molar refractivity (Wildman–Crippen MR) is 89.0 cm³/mol. The van der Waals surface area contributed by atoms with Crippen molar-refractivity contribution in [2.75, 3.05) is 25.1 Å². The van der Waals surface area contributed by atoms with E-state index in [2.05, 4.69) is 14.9 Å². The molecule has 25 heavy (non-hydrogen) atoms. The highest BCUT2D eigenvalue weighted by Gasteiger charge is 2.27. The van der Waals surface area contributed by atoms with E-state index < -0.39 is 5.97 Å². The molecule has 1 fully saturated rings. The number of ether oxygens (including phenoxy) is 1. The van der Waals surface area contributed by atoms with Gasteiger partial charge in [0.2, 0.25) is 0 Å². The normalized spacial score (nSPS) is 17.2. The average Bonchev–Trinajstić information content (AvgIpc) is 2.67. The van der Waals surface area contributed by atoms with E-state index in [9.17, 15) is 14.0 Å². The van der Waals surface area contributed by atoms with E-state index in [1.165, 1.54) is 31.4 Å². The number of Topliss-reactive ketones (excluding diaryl/α,β-unsaturated/α-hetero) is 1. The van der Waals surface area contributed by atoms with Crippen LogP contribution in [-0.2, 0) is 4.74 Å². The first-order valence-corrected chi connectivity index (χ1v) is 8.05. The Morgan fingerprint density at radius 3 is 2.56 bits per heavy atom. The third-order valence-electron chi connectivity index (χ3n) is 4.29. The first kappa shape index (κ1) is 17.0. The summed E-state index contributed by atoms with van der Waals surface area (Å²) in [5.74, 6) is -0.459. The maximum atomic E-state index is 13.0. The van der Waals surface area contributed by atoms with Crippen molar-refractivity contribution in [3.63, 3.8) is 0 Å². The molecule has 0 amide bonds. The number of piperidine rings is 1. The predicted octanol–water partition coefficient (Wildman–Crippen LogP) is 2.50. The molecular weight excluding hydrogens is 325 g/mol. The Hall–Kier alpha value is -2.83. The van der Waals surface area contributed by atoms with E-state index in [4.69, 9.17) is 0 Å². The van der Waals surface area contributed by atoms with Gasteiger partial charge in [-0.25, -0.2) is 9.18 Å². The molecular formula is C18H18FN3O3. The molecule has 0 aliphatic carbocycles. The summed E-state index contributed by atoms with van der Waals surface area (Å²) in [5.41, 5.74) is 0.655. The third kappa shape index (κ3) is 3.81. The van der Waals surface area contributed by atoms with Crippen molar-refractivity contribution in [1.82, 2.24) is 10.2 Å². The van der Waals surface area contributed by atoms with Crippen LogP contribution in [0, 0.1) is 11.7 Å². The summed E-state index contributed by atoms with van der Waals surface area (Å²) in [5, 5.41) is 7.93. The zero-order chi connectivity index (χ0) is 17.8. The van der Waals surface area contributed by atoms with E-state index in [1.807, 2.05) is 4.90 Å². The van der Waals surface area contributed by atoms with Gasteiger partial charge in [0, 0.05) is 24.6 Å². The molecule has 0 radical (unpaired) electrons. The minimum atomic E-state index is -0.540. The number of anilines is 1. The minimum Gasteiger partial charge on any atom is -0.464 e. The molecule has 3 rings (SSSR count). The summed E-state index contributed by atoms with van der Waals surface area (Å²) in [7, 11) is 1.29. The van der Waals surface area contributed by atoms with Gasteiger partial charge in [0.05, 0.1) is 7.11 Å². The van der Waals surface area contributed by atoms with Gasteiger partial charge in [0.25, 0.3) is 0 Å². The number of hydrogen-bond donors (Lipinski definition) is 0. The van der Waals surface area contributed by atoms with Crippen molar-refractivity contribution < 1.29 is 18.7 Å². The Kier molecular flexibility index (Phi) is 5.02. The maximum absolute atomic E-state index is 13.0. The number of hydrogen-bond acceptors (Lipinski definition) is 6. The highest BCUT2D eigenvalue weighted by Crippen LogP contribution is 2.24. The Balaban J connectivity index is 1.71. The largest absolute Gasteiger partial charge is 0.464 e. The Morgan fingerprint density at radius 2 is 1.92 bits per heavy atom. The van der Waals surface area contributed by atoms with Gasteiger partial charge in [0.1, 0.15) is 5.82 Å². The summed E-state index contributed by atoms with van der Waals surface area (Å²) in [6, 6.07) is 8.88. The van der Waals surface area contributed by atoms with Crippen molar-refractivity contribution in [2.45, 2.75) is 12.8 Å². The van der Waals surface area contributed by atoms with Crippen molar-refractivity contribution >= 4 is 17.6 Å². The van der Waals surface area contributed by atoms with Crippen LogP contribution in [0.3, 0.4) is 0 Å². The zero-order valence-corrected chi connectivity index (χ0v) is 13.8. The molecule has 1 aromatic heterocycles. The van der Waals surface area contributed by atoms with Crippen molar-refractivity contribution in [1.29, 1.82) is 0 Å². The van der Waals surface area contributed by atoms with Crippen LogP contribution in [0.2, 0.25) is 0 Å². The molecule has 7 heteroatoms. The highest BCUT2D eigenvalue weighted by atomic mass is 19.1. The van der Waals surface area contributed by atoms with Crippen LogP contribution in [0.25, 0.3) is 0 Å². The second-order valence-corrected chi connectivity index (χ2v) is 5.92. The van der Waals surface area contributed by atoms with Gasteiger partial charge in [-0.05, 0) is 49.2 Å². The lowest BCUT2D eigenvalue weighted by molar-refractivity contribution is 0.0592. The lowest BCUT2D eigenvalue weighted by atomic mass is 9.90. The summed E-state index contributed by atoms with van der Waals surface area (Å²) < 4.78 is 17.6. The van der Waals surface area contributed by atoms with Gasteiger partial charge in [-0.3, -0.25) is 4.79 Å². The quantitative estimate of drug-likeness (QED) is 0.627. The van der Waals surface area contributed by atoms with Crippen molar-refractivity contribution in [3.05, 3.63) is 53.5 Å². The van der Waals surface area contributed by atoms with Gasteiger partial charge in [-0.2, -0.15) is 0 Å². The smallest absolute Gasteiger partial charge is 0.358 e. The highest BCUT2D eigenvalue weighted by molar-refractivity contribution is 5.98. The lowest BCUT2D eigenvalue weighted by Gasteiger charge is -2.32. The fraction of sp³-hybridized carbons (Fsp3) is 0.333. The molecule has 0 unspecified atom stereocenters. The molecule has 130 valence electrons. The monoisotopic (exact) mass is 343 g/mol. The summed E-state index contributed by atoms with van der Waals surface area (Å²) in [4.78, 5) is 26.0. The van der Waals surface area contributed by atoms with Crippen LogP contribution >= 0.6 is 0 Å². The van der Waals surface area contributed by atoms with Gasteiger partial charge < -0.3 is 9.64 Å². The van der Waals surface area contributed by atoms with Crippen LogP contribution in [0.5, 0.6) is 0 Å². The van der Waals surface area contributed by atoms with E-state index in [-0.39, 0.29) is 23.2 Å². The summed E-state index contributed by atoms with van der Waals surface area (Å²) in [6.07, 6.45) is 1.62. The number of carbonyl (C=O) groups excluding carboxylic acids is 2. The number of methoxy groups -OCH3 is 1. The fourth-order valence-electron chi connectivity index (χ4n) is 2.96. The number of ketones is 1. The second-order valence-electron chi connectivity index (χ2n) is 5.92. The first-order valence-electron chi connectivity index (χ1n) is 8.05. The molecule has 1 aromatic carbocycles. The number of nitrogens with zero attached hydrogens (tertiary/aromatic N) is 3. The van der Waals surface area contributed by atoms with Gasteiger partial charge in [-0.15, -0.1) is 10.2 Å². The molecule has 1 aliphatic heterocycles. The summed E-state index contributed by atoms with van der Waals surface area (Å²) in [6.45, 7) is 1.28. The number of carbonyl (C=O) groups is 2. The van der Waals surface area contributed by atoms with Gasteiger partial charge in [0.15, 0.2) is 17.3 Å². The molecule has 1 saturated heterocycles. The van der Waals surface area contributed by atoms with Crippen LogP contribution in [0.4, 0.5) is 10.2 Å². The SMILES string of the molecule is COC(=O)c1ccc(N2CCC[C@H](C(=O)c3ccc(F)cc3)C2)nn1. The standard InChI is InChI=1S/C18H18FN3O3/c1-25-18(24)15-8-9-16(21-20-15)22-10-2-3-13(11-22)17(23)12-4-6-14(19)7-5-12/h4-9,13H,2-3,10-11H2,1H3/t13-/m0/s1. The van der Waals surface area contributed by atoms with Gasteiger partial charge in [-0.1, -0.05) is 0 Å². The molecule has 2 heterocycles. The number of esters is 1. The molecule has 2 aromatic rings. The van der Waals surface area contributed by atoms with Crippen molar-refractivity contribution in [2.24, 2.45) is 5.92 Å². The average molecular weight is 343 g/mol. The topological polar surface area (TPSA) is 72.4 Å². The first-order chi connectivity index (χ1) is 12.1. The molecule has 0 saturated carbocycles. The molecule has 1 atom stereocenters. The fourth-order valence-corrected chi connectivity index (χ4v) is 2.96. The number of benzene rings is 1. The molecule has 0 bridgehead atoms. The molecule has 6 nitrogen and oxygen atoms in total. The van der Waals surface area contributed by atoms with E-state index in [0.29, 0.717) is 17.9 Å². The third-order valence-corrected chi connectivity index (χ3v) is 4.29. The van der Waals surface area contributed by atoms with Crippen molar-refractivity contribution in [3.8, 4) is 0 Å². The van der Waals surface area contributed by atoms with Crippen LogP contribution < -0.4 is 4.90 Å².